The number of rotatable bonds is 3. The SMILES string of the molecule is CC(C)(C)CCNC(=O)C12CC3CC(CC(C3)C1)C2. The summed E-state index contributed by atoms with van der Waals surface area (Å²) < 4.78 is 0. The molecule has 0 heterocycles. The van der Waals surface area contributed by atoms with E-state index in [-0.39, 0.29) is 5.41 Å². The topological polar surface area (TPSA) is 29.1 Å². The second-order valence-corrected chi connectivity index (χ2v) is 8.76. The first-order chi connectivity index (χ1) is 8.86. The van der Waals surface area contributed by atoms with Gasteiger partial charge in [0.2, 0.25) is 5.91 Å². The first-order valence-electron chi connectivity index (χ1n) is 8.15. The molecule has 0 aliphatic heterocycles. The fourth-order valence-corrected chi connectivity index (χ4v) is 5.13. The van der Waals surface area contributed by atoms with E-state index in [0.29, 0.717) is 11.3 Å². The van der Waals surface area contributed by atoms with E-state index in [2.05, 4.69) is 26.1 Å². The molecule has 0 saturated heterocycles. The van der Waals surface area contributed by atoms with Crippen LogP contribution in [0.4, 0.5) is 0 Å². The lowest BCUT2D eigenvalue weighted by molar-refractivity contribution is -0.146. The van der Waals surface area contributed by atoms with Crippen LogP contribution in [-0.2, 0) is 4.79 Å². The first kappa shape index (κ1) is 13.5. The van der Waals surface area contributed by atoms with Gasteiger partial charge < -0.3 is 5.32 Å². The molecule has 0 aromatic heterocycles. The van der Waals surface area contributed by atoms with E-state index in [1.807, 2.05) is 0 Å². The van der Waals surface area contributed by atoms with Crippen molar-refractivity contribution in [3.8, 4) is 0 Å². The van der Waals surface area contributed by atoms with Gasteiger partial charge in [0.25, 0.3) is 0 Å². The van der Waals surface area contributed by atoms with E-state index in [1.165, 1.54) is 38.5 Å². The van der Waals surface area contributed by atoms with Crippen LogP contribution in [0.2, 0.25) is 0 Å². The van der Waals surface area contributed by atoms with E-state index < -0.39 is 0 Å². The van der Waals surface area contributed by atoms with Gasteiger partial charge in [-0.2, -0.15) is 0 Å². The Morgan fingerprint density at radius 2 is 1.53 bits per heavy atom. The third kappa shape index (κ3) is 2.68. The smallest absolute Gasteiger partial charge is 0.226 e. The molecule has 0 unspecified atom stereocenters. The molecular weight excluding hydrogens is 234 g/mol. The summed E-state index contributed by atoms with van der Waals surface area (Å²) >= 11 is 0. The number of hydrogen-bond acceptors (Lipinski definition) is 1. The third-order valence-corrected chi connectivity index (χ3v) is 5.68. The zero-order chi connectivity index (χ0) is 13.7. The maximum Gasteiger partial charge on any atom is 0.226 e. The van der Waals surface area contributed by atoms with E-state index in [1.54, 1.807) is 0 Å². The Morgan fingerprint density at radius 1 is 1.05 bits per heavy atom. The predicted octanol–water partition coefficient (Wildman–Crippen LogP) is 3.76. The standard InChI is InChI=1S/C17H29NO/c1-16(2,3)4-5-18-15(19)17-9-12-6-13(10-17)8-14(7-12)11-17/h12-14H,4-11H2,1-3H3,(H,18,19). The monoisotopic (exact) mass is 263 g/mol. The van der Waals surface area contributed by atoms with Crippen molar-refractivity contribution in [2.45, 2.75) is 65.7 Å². The van der Waals surface area contributed by atoms with Gasteiger partial charge in [0.05, 0.1) is 0 Å². The second-order valence-electron chi connectivity index (χ2n) is 8.76. The average Bonchev–Trinajstić information content (AvgIpc) is 2.25. The molecule has 0 aromatic rings. The van der Waals surface area contributed by atoms with Gasteiger partial charge in [-0.3, -0.25) is 4.79 Å². The second kappa shape index (κ2) is 4.49. The Morgan fingerprint density at radius 3 is 1.95 bits per heavy atom. The van der Waals surface area contributed by atoms with Crippen LogP contribution in [0.15, 0.2) is 0 Å². The first-order valence-corrected chi connectivity index (χ1v) is 8.15. The Hall–Kier alpha value is -0.530. The summed E-state index contributed by atoms with van der Waals surface area (Å²) in [7, 11) is 0. The summed E-state index contributed by atoms with van der Waals surface area (Å²) in [5.41, 5.74) is 0.349. The molecule has 4 aliphatic rings. The van der Waals surface area contributed by atoms with Crippen LogP contribution in [0.25, 0.3) is 0 Å². The lowest BCUT2D eigenvalue weighted by Crippen LogP contribution is -2.53. The van der Waals surface area contributed by atoms with Crippen LogP contribution in [0.1, 0.15) is 65.7 Å². The molecule has 2 heteroatoms. The minimum Gasteiger partial charge on any atom is -0.356 e. The zero-order valence-electron chi connectivity index (χ0n) is 12.8. The molecule has 4 bridgehead atoms. The Bertz CT molecular complexity index is 331. The maximum atomic E-state index is 12.7. The van der Waals surface area contributed by atoms with E-state index in [4.69, 9.17) is 0 Å². The number of amides is 1. The summed E-state index contributed by atoms with van der Waals surface area (Å²) in [6.45, 7) is 7.57. The van der Waals surface area contributed by atoms with Crippen molar-refractivity contribution in [3.63, 3.8) is 0 Å². The number of hydrogen-bond donors (Lipinski definition) is 1. The molecule has 0 aromatic carbocycles. The number of carbonyl (C=O) groups excluding carboxylic acids is 1. The van der Waals surface area contributed by atoms with Crippen LogP contribution < -0.4 is 5.32 Å². The Labute approximate surface area is 117 Å². The van der Waals surface area contributed by atoms with Crippen LogP contribution in [0, 0.1) is 28.6 Å². The minimum atomic E-state index is 0.0344. The van der Waals surface area contributed by atoms with Gasteiger partial charge in [0.1, 0.15) is 0 Å². The molecule has 0 spiro atoms. The number of carbonyl (C=O) groups is 1. The van der Waals surface area contributed by atoms with Crippen molar-refractivity contribution >= 4 is 5.91 Å². The highest BCUT2D eigenvalue weighted by atomic mass is 16.2. The van der Waals surface area contributed by atoms with Gasteiger partial charge in [-0.15, -0.1) is 0 Å². The number of nitrogens with one attached hydrogen (secondary N) is 1. The summed E-state index contributed by atoms with van der Waals surface area (Å²) in [4.78, 5) is 12.7. The predicted molar refractivity (Wildman–Crippen MR) is 77.7 cm³/mol. The van der Waals surface area contributed by atoms with Gasteiger partial charge in [-0.1, -0.05) is 20.8 Å². The van der Waals surface area contributed by atoms with E-state index >= 15 is 0 Å². The lowest BCUT2D eigenvalue weighted by Gasteiger charge is -2.55. The minimum absolute atomic E-state index is 0.0344. The summed E-state index contributed by atoms with van der Waals surface area (Å²) in [5.74, 6) is 2.97. The molecule has 108 valence electrons. The van der Waals surface area contributed by atoms with Crippen LogP contribution in [-0.4, -0.2) is 12.5 Å². The summed E-state index contributed by atoms with van der Waals surface area (Å²) in [6.07, 6.45) is 8.85. The molecule has 4 saturated carbocycles. The molecule has 1 amide bonds. The van der Waals surface area contributed by atoms with Gasteiger partial charge in [-0.05, 0) is 68.1 Å². The third-order valence-electron chi connectivity index (χ3n) is 5.68. The summed E-state index contributed by atoms with van der Waals surface area (Å²) in [5, 5.41) is 3.26. The van der Waals surface area contributed by atoms with Crippen molar-refractivity contribution in [3.05, 3.63) is 0 Å². The fourth-order valence-electron chi connectivity index (χ4n) is 5.13. The van der Waals surface area contributed by atoms with Crippen LogP contribution >= 0.6 is 0 Å². The van der Waals surface area contributed by atoms with Crippen LogP contribution in [0.3, 0.4) is 0 Å². The van der Waals surface area contributed by atoms with Crippen molar-refractivity contribution in [1.29, 1.82) is 0 Å². The highest BCUT2D eigenvalue weighted by Gasteiger charge is 2.54. The molecule has 2 nitrogen and oxygen atoms in total. The zero-order valence-corrected chi connectivity index (χ0v) is 12.8. The molecule has 4 aliphatic carbocycles. The molecule has 0 atom stereocenters. The molecule has 1 N–H and O–H groups in total. The highest BCUT2D eigenvalue weighted by molar-refractivity contribution is 5.83. The Kier molecular flexibility index (Phi) is 3.18. The Balaban J connectivity index is 1.60. The molecule has 0 radical (unpaired) electrons. The van der Waals surface area contributed by atoms with Crippen LogP contribution in [0.5, 0.6) is 0 Å². The highest BCUT2D eigenvalue weighted by Crippen LogP contribution is 2.60. The van der Waals surface area contributed by atoms with Gasteiger partial charge >= 0.3 is 0 Å². The van der Waals surface area contributed by atoms with E-state index in [0.717, 1.165) is 30.7 Å². The van der Waals surface area contributed by atoms with Gasteiger partial charge in [0.15, 0.2) is 0 Å². The lowest BCUT2D eigenvalue weighted by atomic mass is 9.49. The summed E-state index contributed by atoms with van der Waals surface area (Å²) in [6, 6.07) is 0. The van der Waals surface area contributed by atoms with E-state index in [9.17, 15) is 4.79 Å². The molecular formula is C17H29NO. The van der Waals surface area contributed by atoms with Crippen molar-refractivity contribution in [2.24, 2.45) is 28.6 Å². The molecule has 19 heavy (non-hydrogen) atoms. The normalized spacial score (nSPS) is 40.5. The van der Waals surface area contributed by atoms with Gasteiger partial charge in [-0.25, -0.2) is 0 Å². The van der Waals surface area contributed by atoms with Crippen molar-refractivity contribution < 1.29 is 4.79 Å². The fraction of sp³-hybridized carbons (Fsp3) is 0.941. The molecule has 4 rings (SSSR count). The molecule has 4 fully saturated rings. The maximum absolute atomic E-state index is 12.7. The van der Waals surface area contributed by atoms with Crippen molar-refractivity contribution in [1.82, 2.24) is 5.32 Å². The van der Waals surface area contributed by atoms with Gasteiger partial charge in [0, 0.05) is 12.0 Å². The quantitative estimate of drug-likeness (QED) is 0.825. The average molecular weight is 263 g/mol. The van der Waals surface area contributed by atoms with Crippen molar-refractivity contribution in [2.75, 3.05) is 6.54 Å². The largest absolute Gasteiger partial charge is 0.356 e.